The van der Waals surface area contributed by atoms with Crippen LogP contribution in [0, 0.1) is 0 Å². The molecule has 132 valence electrons. The standard InChI is InChI=1S/C19H27NO4/c1-5-14-11-15(21)12-16(17(22)13-9-7-6-8-10-13)20(14)18(23)24-19(2,3)4/h6-10,14,16-17,22H,5,11-12H2,1-4H3/t14-,16-,17-/m1/s1. The van der Waals surface area contributed by atoms with E-state index in [2.05, 4.69) is 0 Å². The summed E-state index contributed by atoms with van der Waals surface area (Å²) in [7, 11) is 0. The van der Waals surface area contributed by atoms with E-state index in [0.717, 1.165) is 0 Å². The number of Topliss-reactive ketones (excluding diaryl/α,β-unsaturated/α-hetero) is 1. The van der Waals surface area contributed by atoms with Crippen LogP contribution in [0.5, 0.6) is 0 Å². The molecule has 5 nitrogen and oxygen atoms in total. The summed E-state index contributed by atoms with van der Waals surface area (Å²) in [6.45, 7) is 7.36. The normalized spacial score (nSPS) is 23.0. The number of carbonyl (C=O) groups excluding carboxylic acids is 2. The van der Waals surface area contributed by atoms with Gasteiger partial charge in [-0.15, -0.1) is 0 Å². The Hall–Kier alpha value is -1.88. The van der Waals surface area contributed by atoms with Crippen molar-refractivity contribution in [2.45, 2.75) is 70.7 Å². The zero-order valence-corrected chi connectivity index (χ0v) is 14.9. The fourth-order valence-electron chi connectivity index (χ4n) is 3.12. The van der Waals surface area contributed by atoms with Crippen molar-refractivity contribution in [2.24, 2.45) is 0 Å². The van der Waals surface area contributed by atoms with Crippen LogP contribution in [0.25, 0.3) is 0 Å². The van der Waals surface area contributed by atoms with Crippen LogP contribution in [0.15, 0.2) is 30.3 Å². The summed E-state index contributed by atoms with van der Waals surface area (Å²) in [4.78, 5) is 26.4. The van der Waals surface area contributed by atoms with E-state index in [0.29, 0.717) is 18.4 Å². The van der Waals surface area contributed by atoms with Gasteiger partial charge in [-0.05, 0) is 32.8 Å². The molecule has 0 saturated carbocycles. The van der Waals surface area contributed by atoms with Crippen LogP contribution in [-0.2, 0) is 9.53 Å². The van der Waals surface area contributed by atoms with Gasteiger partial charge in [-0.25, -0.2) is 4.79 Å². The Labute approximate surface area is 143 Å². The average Bonchev–Trinajstić information content (AvgIpc) is 2.52. The lowest BCUT2D eigenvalue weighted by molar-refractivity contribution is -0.128. The summed E-state index contributed by atoms with van der Waals surface area (Å²) in [5, 5.41) is 10.8. The van der Waals surface area contributed by atoms with E-state index >= 15 is 0 Å². The monoisotopic (exact) mass is 333 g/mol. The van der Waals surface area contributed by atoms with Crippen LogP contribution in [0.3, 0.4) is 0 Å². The smallest absolute Gasteiger partial charge is 0.410 e. The third kappa shape index (κ3) is 4.35. The first kappa shape index (κ1) is 18.5. The first-order chi connectivity index (χ1) is 11.2. The van der Waals surface area contributed by atoms with E-state index in [1.807, 2.05) is 45.9 Å². The van der Waals surface area contributed by atoms with Crippen LogP contribution in [0.1, 0.15) is 58.6 Å². The molecule has 0 spiro atoms. The molecule has 1 aliphatic heterocycles. The number of ether oxygens (including phenoxy) is 1. The molecule has 1 N–H and O–H groups in total. The molecular weight excluding hydrogens is 306 g/mol. The molecule has 1 fully saturated rings. The van der Waals surface area contributed by atoms with Gasteiger partial charge in [-0.2, -0.15) is 0 Å². The Balaban J connectivity index is 2.32. The highest BCUT2D eigenvalue weighted by atomic mass is 16.6. The number of carbonyl (C=O) groups is 2. The van der Waals surface area contributed by atoms with Gasteiger partial charge in [-0.3, -0.25) is 9.69 Å². The minimum atomic E-state index is -0.919. The van der Waals surface area contributed by atoms with Gasteiger partial charge >= 0.3 is 6.09 Å². The van der Waals surface area contributed by atoms with Gasteiger partial charge in [0.15, 0.2) is 0 Å². The fourth-order valence-corrected chi connectivity index (χ4v) is 3.12. The van der Waals surface area contributed by atoms with E-state index in [9.17, 15) is 14.7 Å². The quantitative estimate of drug-likeness (QED) is 0.920. The first-order valence-electron chi connectivity index (χ1n) is 8.49. The first-order valence-corrected chi connectivity index (χ1v) is 8.49. The van der Waals surface area contributed by atoms with E-state index in [1.165, 1.54) is 0 Å². The Morgan fingerprint density at radius 2 is 1.92 bits per heavy atom. The number of aliphatic hydroxyl groups excluding tert-OH is 1. The maximum absolute atomic E-state index is 12.7. The molecule has 0 bridgehead atoms. The Kier molecular flexibility index (Phi) is 5.65. The predicted octanol–water partition coefficient (Wildman–Crippen LogP) is 3.47. The third-order valence-corrected chi connectivity index (χ3v) is 4.23. The van der Waals surface area contributed by atoms with Crippen LogP contribution in [0.2, 0.25) is 0 Å². The number of benzene rings is 1. The second kappa shape index (κ2) is 7.34. The van der Waals surface area contributed by atoms with Crippen LogP contribution >= 0.6 is 0 Å². The predicted molar refractivity (Wildman–Crippen MR) is 91.6 cm³/mol. The molecule has 0 aliphatic carbocycles. The second-order valence-electron chi connectivity index (χ2n) is 7.32. The van der Waals surface area contributed by atoms with E-state index in [4.69, 9.17) is 4.74 Å². The molecule has 24 heavy (non-hydrogen) atoms. The SMILES string of the molecule is CC[C@@H]1CC(=O)C[C@H]([C@H](O)c2ccccc2)N1C(=O)OC(C)(C)C. The molecule has 3 atom stereocenters. The van der Waals surface area contributed by atoms with Crippen molar-refractivity contribution < 1.29 is 19.4 Å². The van der Waals surface area contributed by atoms with Gasteiger partial charge < -0.3 is 9.84 Å². The molecule has 1 aromatic rings. The highest BCUT2D eigenvalue weighted by Gasteiger charge is 2.42. The number of rotatable bonds is 3. The number of likely N-dealkylation sites (tertiary alicyclic amines) is 1. The maximum Gasteiger partial charge on any atom is 0.410 e. The number of hydrogen-bond donors (Lipinski definition) is 1. The molecule has 1 saturated heterocycles. The zero-order chi connectivity index (χ0) is 17.9. The third-order valence-electron chi connectivity index (χ3n) is 4.23. The van der Waals surface area contributed by atoms with Crippen LogP contribution in [0.4, 0.5) is 4.79 Å². The second-order valence-corrected chi connectivity index (χ2v) is 7.32. The molecule has 1 amide bonds. The van der Waals surface area contributed by atoms with Crippen molar-refractivity contribution in [3.63, 3.8) is 0 Å². The van der Waals surface area contributed by atoms with E-state index in [1.54, 1.807) is 17.0 Å². The Bertz CT molecular complexity index is 579. The molecule has 1 heterocycles. The number of aliphatic hydroxyl groups is 1. The Morgan fingerprint density at radius 3 is 2.46 bits per heavy atom. The molecule has 2 rings (SSSR count). The van der Waals surface area contributed by atoms with Gasteiger partial charge in [0.05, 0.1) is 12.1 Å². The van der Waals surface area contributed by atoms with Crippen molar-refractivity contribution in [1.29, 1.82) is 0 Å². The lowest BCUT2D eigenvalue weighted by atomic mass is 9.88. The summed E-state index contributed by atoms with van der Waals surface area (Å²) in [6, 6.07) is 8.29. The molecule has 0 radical (unpaired) electrons. The summed E-state index contributed by atoms with van der Waals surface area (Å²) >= 11 is 0. The fraction of sp³-hybridized carbons (Fsp3) is 0.579. The van der Waals surface area contributed by atoms with Gasteiger partial charge in [-0.1, -0.05) is 37.3 Å². The highest BCUT2D eigenvalue weighted by molar-refractivity contribution is 5.83. The zero-order valence-electron chi connectivity index (χ0n) is 14.9. The van der Waals surface area contributed by atoms with Crippen molar-refractivity contribution in [2.75, 3.05) is 0 Å². The minimum Gasteiger partial charge on any atom is -0.444 e. The summed E-state index contributed by atoms with van der Waals surface area (Å²) in [6.07, 6.45) is -0.290. The van der Waals surface area contributed by atoms with Crippen molar-refractivity contribution in [1.82, 2.24) is 4.90 Å². The number of piperidine rings is 1. The van der Waals surface area contributed by atoms with Crippen molar-refractivity contribution in [3.8, 4) is 0 Å². The number of ketones is 1. The molecule has 0 aromatic heterocycles. The van der Waals surface area contributed by atoms with E-state index in [-0.39, 0.29) is 18.2 Å². The minimum absolute atomic E-state index is 0.0710. The topological polar surface area (TPSA) is 66.8 Å². The number of amides is 1. The maximum atomic E-state index is 12.7. The summed E-state index contributed by atoms with van der Waals surface area (Å²) in [5.74, 6) is 0.0710. The van der Waals surface area contributed by atoms with Crippen molar-refractivity contribution >= 4 is 11.9 Å². The van der Waals surface area contributed by atoms with Gasteiger partial charge in [0.1, 0.15) is 11.4 Å². The molecule has 1 aromatic carbocycles. The van der Waals surface area contributed by atoms with Gasteiger partial charge in [0.25, 0.3) is 0 Å². The average molecular weight is 333 g/mol. The summed E-state index contributed by atoms with van der Waals surface area (Å²) < 4.78 is 5.53. The van der Waals surface area contributed by atoms with Crippen molar-refractivity contribution in [3.05, 3.63) is 35.9 Å². The summed E-state index contributed by atoms with van der Waals surface area (Å²) in [5.41, 5.74) is 0.0691. The van der Waals surface area contributed by atoms with Gasteiger partial charge in [0.2, 0.25) is 0 Å². The van der Waals surface area contributed by atoms with Crippen LogP contribution in [-0.4, -0.2) is 39.6 Å². The van der Waals surface area contributed by atoms with E-state index < -0.39 is 23.8 Å². The molecule has 1 aliphatic rings. The number of nitrogens with zero attached hydrogens (tertiary/aromatic N) is 1. The molecule has 0 unspecified atom stereocenters. The Morgan fingerprint density at radius 1 is 1.29 bits per heavy atom. The van der Waals surface area contributed by atoms with Crippen LogP contribution < -0.4 is 0 Å². The largest absolute Gasteiger partial charge is 0.444 e. The number of hydrogen-bond acceptors (Lipinski definition) is 4. The lowest BCUT2D eigenvalue weighted by Crippen LogP contribution is -2.55. The lowest BCUT2D eigenvalue weighted by Gasteiger charge is -2.43. The molecular formula is C19H27NO4. The van der Waals surface area contributed by atoms with Gasteiger partial charge in [0, 0.05) is 18.9 Å². The molecule has 5 heteroatoms. The highest BCUT2D eigenvalue weighted by Crippen LogP contribution is 2.32.